The third-order valence-electron chi connectivity index (χ3n) is 5.58. The number of allylic oxidation sites excluding steroid dienone is 1. The number of hydrogen-bond acceptors (Lipinski definition) is 4. The van der Waals surface area contributed by atoms with Crippen LogP contribution in [0.1, 0.15) is 18.5 Å². The van der Waals surface area contributed by atoms with E-state index in [0.717, 1.165) is 11.3 Å². The predicted molar refractivity (Wildman–Crippen MR) is 140 cm³/mol. The summed E-state index contributed by atoms with van der Waals surface area (Å²) in [6.45, 7) is 1.88. The zero-order chi connectivity index (χ0) is 24.2. The summed E-state index contributed by atoms with van der Waals surface area (Å²) in [4.78, 5) is 15.6. The van der Waals surface area contributed by atoms with E-state index in [1.807, 2.05) is 60.4 Å². The number of methoxy groups -OCH3 is 2. The monoisotopic (exact) mass is 493 g/mol. The number of hydrogen-bond donors (Lipinski definition) is 2. The van der Waals surface area contributed by atoms with Crippen LogP contribution >= 0.6 is 23.8 Å². The molecule has 1 aliphatic rings. The van der Waals surface area contributed by atoms with Gasteiger partial charge in [-0.15, -0.1) is 0 Å². The van der Waals surface area contributed by atoms with Gasteiger partial charge in [0.15, 0.2) is 5.11 Å². The Labute approximate surface area is 209 Å². The van der Waals surface area contributed by atoms with Crippen LogP contribution in [-0.4, -0.2) is 25.2 Å². The summed E-state index contributed by atoms with van der Waals surface area (Å²) in [6.07, 6.45) is 0. The van der Waals surface area contributed by atoms with Crippen molar-refractivity contribution in [2.45, 2.75) is 13.0 Å². The maximum Gasteiger partial charge on any atom is 0.255 e. The van der Waals surface area contributed by atoms with Crippen LogP contribution in [-0.2, 0) is 4.79 Å². The summed E-state index contributed by atoms with van der Waals surface area (Å²) >= 11 is 12.0. The molecule has 0 radical (unpaired) electrons. The molecule has 0 aromatic heterocycles. The highest BCUT2D eigenvalue weighted by molar-refractivity contribution is 7.80. The van der Waals surface area contributed by atoms with Crippen LogP contribution in [0.15, 0.2) is 84.1 Å². The Morgan fingerprint density at radius 2 is 1.79 bits per heavy atom. The van der Waals surface area contributed by atoms with Crippen molar-refractivity contribution in [3.05, 3.63) is 94.7 Å². The highest BCUT2D eigenvalue weighted by Gasteiger charge is 2.35. The smallest absolute Gasteiger partial charge is 0.255 e. The van der Waals surface area contributed by atoms with E-state index in [9.17, 15) is 4.79 Å². The fourth-order valence-electron chi connectivity index (χ4n) is 3.96. The van der Waals surface area contributed by atoms with E-state index in [2.05, 4.69) is 10.6 Å². The van der Waals surface area contributed by atoms with Crippen LogP contribution in [0, 0.1) is 0 Å². The number of halogens is 1. The van der Waals surface area contributed by atoms with Crippen LogP contribution in [0.2, 0.25) is 5.02 Å². The number of para-hydroxylation sites is 1. The Kier molecular flexibility index (Phi) is 7.05. The normalized spacial score (nSPS) is 15.6. The average Bonchev–Trinajstić information content (AvgIpc) is 2.84. The number of amides is 1. The van der Waals surface area contributed by atoms with Gasteiger partial charge in [-0.05, 0) is 61.1 Å². The molecule has 1 amide bonds. The zero-order valence-electron chi connectivity index (χ0n) is 19.0. The Bertz CT molecular complexity index is 1260. The van der Waals surface area contributed by atoms with Crippen molar-refractivity contribution in [3.63, 3.8) is 0 Å². The molecular weight excluding hydrogens is 470 g/mol. The van der Waals surface area contributed by atoms with E-state index < -0.39 is 6.04 Å². The largest absolute Gasteiger partial charge is 0.497 e. The first-order valence-electron chi connectivity index (χ1n) is 10.6. The van der Waals surface area contributed by atoms with Crippen LogP contribution in [0.4, 0.5) is 11.4 Å². The first-order valence-corrected chi connectivity index (χ1v) is 11.4. The minimum atomic E-state index is -0.497. The van der Waals surface area contributed by atoms with Crippen LogP contribution < -0.4 is 25.0 Å². The van der Waals surface area contributed by atoms with Crippen molar-refractivity contribution >= 4 is 46.2 Å². The third-order valence-corrected chi connectivity index (χ3v) is 6.12. The minimum absolute atomic E-state index is 0.301. The molecule has 3 aromatic rings. The second-order valence-electron chi connectivity index (χ2n) is 7.63. The number of anilines is 2. The molecule has 0 spiro atoms. The number of rotatable bonds is 6. The molecule has 174 valence electrons. The lowest BCUT2D eigenvalue weighted by Gasteiger charge is -2.38. The summed E-state index contributed by atoms with van der Waals surface area (Å²) in [6, 6.07) is 21.8. The Balaban J connectivity index is 1.82. The second-order valence-corrected chi connectivity index (χ2v) is 8.45. The molecule has 1 heterocycles. The van der Waals surface area contributed by atoms with E-state index in [0.29, 0.717) is 38.6 Å². The fraction of sp³-hybridized carbons (Fsp3) is 0.154. The lowest BCUT2D eigenvalue weighted by Crippen LogP contribution is -2.48. The topological polar surface area (TPSA) is 62.8 Å². The minimum Gasteiger partial charge on any atom is -0.497 e. The van der Waals surface area contributed by atoms with Crippen molar-refractivity contribution in [3.8, 4) is 11.5 Å². The molecule has 1 unspecified atom stereocenters. The Hall–Kier alpha value is -3.55. The van der Waals surface area contributed by atoms with E-state index in [1.165, 1.54) is 0 Å². The number of ether oxygens (including phenoxy) is 2. The SMILES string of the molecule is COc1ccc(OC)c(NC(=O)C2=C(C)N(c3ccccc3)C(=S)NC2c2cccc(Cl)c2)c1. The first-order chi connectivity index (χ1) is 16.4. The van der Waals surface area contributed by atoms with Crippen molar-refractivity contribution in [1.82, 2.24) is 5.32 Å². The van der Waals surface area contributed by atoms with E-state index in [1.54, 1.807) is 38.5 Å². The predicted octanol–water partition coefficient (Wildman–Crippen LogP) is 5.71. The van der Waals surface area contributed by atoms with Crippen molar-refractivity contribution < 1.29 is 14.3 Å². The number of benzene rings is 3. The number of carbonyl (C=O) groups is 1. The van der Waals surface area contributed by atoms with Gasteiger partial charge in [-0.2, -0.15) is 0 Å². The lowest BCUT2D eigenvalue weighted by molar-refractivity contribution is -0.113. The van der Waals surface area contributed by atoms with Gasteiger partial charge >= 0.3 is 0 Å². The number of nitrogens with one attached hydrogen (secondary N) is 2. The van der Waals surface area contributed by atoms with E-state index in [-0.39, 0.29) is 5.91 Å². The molecular formula is C26H24ClN3O3S. The Morgan fingerprint density at radius 1 is 1.03 bits per heavy atom. The molecule has 3 aromatic carbocycles. The van der Waals surface area contributed by atoms with Gasteiger partial charge in [0.05, 0.1) is 31.5 Å². The summed E-state index contributed by atoms with van der Waals surface area (Å²) < 4.78 is 10.8. The van der Waals surface area contributed by atoms with Crippen molar-refractivity contribution in [2.75, 3.05) is 24.4 Å². The van der Waals surface area contributed by atoms with Gasteiger partial charge in [-0.25, -0.2) is 0 Å². The van der Waals surface area contributed by atoms with E-state index in [4.69, 9.17) is 33.3 Å². The van der Waals surface area contributed by atoms with E-state index >= 15 is 0 Å². The molecule has 34 heavy (non-hydrogen) atoms. The molecule has 1 aliphatic heterocycles. The summed E-state index contributed by atoms with van der Waals surface area (Å²) in [5.74, 6) is 0.818. The quantitative estimate of drug-likeness (QED) is 0.429. The van der Waals surface area contributed by atoms with Crippen molar-refractivity contribution in [2.24, 2.45) is 0 Å². The van der Waals surface area contributed by atoms with Crippen LogP contribution in [0.5, 0.6) is 11.5 Å². The van der Waals surface area contributed by atoms with Crippen molar-refractivity contribution in [1.29, 1.82) is 0 Å². The maximum absolute atomic E-state index is 13.8. The molecule has 4 rings (SSSR count). The van der Waals surface area contributed by atoms with Gasteiger partial charge in [0, 0.05) is 22.5 Å². The first kappa shape index (κ1) is 23.6. The molecule has 6 nitrogen and oxygen atoms in total. The summed E-state index contributed by atoms with van der Waals surface area (Å²) in [7, 11) is 3.12. The number of nitrogens with zero attached hydrogens (tertiary/aromatic N) is 1. The van der Waals surface area contributed by atoms with Gasteiger partial charge in [0.1, 0.15) is 11.5 Å². The summed E-state index contributed by atoms with van der Waals surface area (Å²) in [5.41, 5.74) is 3.39. The molecule has 8 heteroatoms. The standard InChI is InChI=1S/C26H24ClN3O3S/c1-16-23(25(31)28-21-15-20(32-2)12-13-22(21)33-3)24(17-8-7-9-18(27)14-17)29-26(34)30(16)19-10-5-4-6-11-19/h4-15,24H,1-3H3,(H,28,31)(H,29,34). The highest BCUT2D eigenvalue weighted by atomic mass is 35.5. The maximum atomic E-state index is 13.8. The summed E-state index contributed by atoms with van der Waals surface area (Å²) in [5, 5.41) is 7.39. The molecule has 0 bridgehead atoms. The second kappa shape index (κ2) is 10.2. The Morgan fingerprint density at radius 3 is 2.47 bits per heavy atom. The lowest BCUT2D eigenvalue weighted by atomic mass is 9.94. The van der Waals surface area contributed by atoms with Gasteiger partial charge < -0.3 is 20.1 Å². The van der Waals surface area contributed by atoms with Gasteiger partial charge in [0.25, 0.3) is 5.91 Å². The molecule has 0 saturated heterocycles. The number of thiocarbonyl (C=S) groups is 1. The average molecular weight is 494 g/mol. The number of carbonyl (C=O) groups excluding carboxylic acids is 1. The molecule has 2 N–H and O–H groups in total. The van der Waals surface area contributed by atoms with Crippen LogP contribution in [0.25, 0.3) is 0 Å². The highest BCUT2D eigenvalue weighted by Crippen LogP contribution is 2.36. The fourth-order valence-corrected chi connectivity index (χ4v) is 4.52. The van der Waals surface area contributed by atoms with Gasteiger partial charge in [-0.1, -0.05) is 41.9 Å². The van der Waals surface area contributed by atoms with Gasteiger partial charge in [0.2, 0.25) is 0 Å². The van der Waals surface area contributed by atoms with Gasteiger partial charge in [-0.3, -0.25) is 9.69 Å². The molecule has 0 saturated carbocycles. The third kappa shape index (κ3) is 4.71. The molecule has 1 atom stereocenters. The van der Waals surface area contributed by atoms with Crippen LogP contribution in [0.3, 0.4) is 0 Å². The molecule has 0 fully saturated rings. The molecule has 0 aliphatic carbocycles. The zero-order valence-corrected chi connectivity index (χ0v) is 20.5.